The molecular weight excluding hydrogens is 417 g/mol. The third kappa shape index (κ3) is 6.09. The van der Waals surface area contributed by atoms with Crippen LogP contribution in [0.3, 0.4) is 0 Å². The monoisotopic (exact) mass is 434 g/mol. The molecule has 0 spiro atoms. The molecule has 1 aromatic carbocycles. The van der Waals surface area contributed by atoms with Crippen LogP contribution >= 0.6 is 23.1 Å². The summed E-state index contributed by atoms with van der Waals surface area (Å²) in [5.74, 6) is -5.83. The van der Waals surface area contributed by atoms with Gasteiger partial charge >= 0.3 is 0 Å². The molecule has 1 unspecified atom stereocenters. The molecule has 0 radical (unpaired) electrons. The average molecular weight is 434 g/mol. The molecule has 28 heavy (non-hydrogen) atoms. The number of thioether (sulfide) groups is 1. The standard InChI is InChI=1S/C16H17F3N4O3S2/c1-7(2)26-15-22-23-16(28-15)27-8(3)14(25)20-6-11(24)21-10-5-4-9(17)12(18)13(10)19/h4-5,7-8H,6H2,1-3H3,(H,20,25)(H,21,24). The highest BCUT2D eigenvalue weighted by Crippen LogP contribution is 2.30. The van der Waals surface area contributed by atoms with Gasteiger partial charge in [-0.1, -0.05) is 16.9 Å². The number of hydrogen-bond acceptors (Lipinski definition) is 7. The normalized spacial score (nSPS) is 12.0. The number of hydrogen-bond donors (Lipinski definition) is 2. The molecule has 0 aliphatic rings. The van der Waals surface area contributed by atoms with E-state index >= 15 is 0 Å². The van der Waals surface area contributed by atoms with Crippen LogP contribution in [0.5, 0.6) is 5.19 Å². The van der Waals surface area contributed by atoms with Crippen molar-refractivity contribution in [1.82, 2.24) is 15.5 Å². The van der Waals surface area contributed by atoms with Gasteiger partial charge in [-0.15, -0.1) is 5.10 Å². The predicted molar refractivity (Wildman–Crippen MR) is 98.9 cm³/mol. The summed E-state index contributed by atoms with van der Waals surface area (Å²) in [6.45, 7) is 4.83. The second kappa shape index (κ2) is 9.73. The minimum Gasteiger partial charge on any atom is -0.466 e. The maximum absolute atomic E-state index is 13.5. The van der Waals surface area contributed by atoms with Crippen LogP contribution in [-0.4, -0.2) is 39.9 Å². The fourth-order valence-electron chi connectivity index (χ4n) is 1.83. The summed E-state index contributed by atoms with van der Waals surface area (Å²) in [5.41, 5.74) is -0.521. The smallest absolute Gasteiger partial charge is 0.295 e. The van der Waals surface area contributed by atoms with Gasteiger partial charge in [0.2, 0.25) is 11.8 Å². The number of halogens is 3. The first-order valence-electron chi connectivity index (χ1n) is 8.05. The molecule has 0 saturated carbocycles. The number of ether oxygens (including phenoxy) is 1. The molecule has 2 aromatic rings. The van der Waals surface area contributed by atoms with Crippen LogP contribution in [0.25, 0.3) is 0 Å². The van der Waals surface area contributed by atoms with Gasteiger partial charge in [-0.25, -0.2) is 13.2 Å². The van der Waals surface area contributed by atoms with Gasteiger partial charge in [0.25, 0.3) is 5.19 Å². The number of benzene rings is 1. The van der Waals surface area contributed by atoms with Gasteiger partial charge in [-0.2, -0.15) is 0 Å². The molecule has 0 saturated heterocycles. The van der Waals surface area contributed by atoms with Crippen LogP contribution in [0, 0.1) is 17.5 Å². The maximum atomic E-state index is 13.5. The van der Waals surface area contributed by atoms with Crippen LogP contribution in [0.1, 0.15) is 20.8 Å². The molecule has 152 valence electrons. The number of rotatable bonds is 8. The SMILES string of the molecule is CC(C)Oc1nnc(SC(C)C(=O)NCC(=O)Nc2ccc(F)c(F)c2F)s1. The Balaban J connectivity index is 1.83. The van der Waals surface area contributed by atoms with Gasteiger partial charge in [0.1, 0.15) is 0 Å². The molecule has 0 aliphatic heterocycles. The lowest BCUT2D eigenvalue weighted by molar-refractivity contribution is -0.123. The van der Waals surface area contributed by atoms with Crippen molar-refractivity contribution in [3.05, 3.63) is 29.6 Å². The van der Waals surface area contributed by atoms with Gasteiger partial charge in [-0.05, 0) is 44.2 Å². The fraction of sp³-hybridized carbons (Fsp3) is 0.375. The summed E-state index contributed by atoms with van der Waals surface area (Å²) >= 11 is 2.32. The van der Waals surface area contributed by atoms with Gasteiger partial charge < -0.3 is 15.4 Å². The van der Waals surface area contributed by atoms with Crippen molar-refractivity contribution in [2.75, 3.05) is 11.9 Å². The molecule has 0 fully saturated rings. The van der Waals surface area contributed by atoms with E-state index in [0.717, 1.165) is 17.8 Å². The number of nitrogens with zero attached hydrogens (tertiary/aromatic N) is 2. The van der Waals surface area contributed by atoms with E-state index < -0.39 is 46.7 Å². The second-order valence-corrected chi connectivity index (χ2v) is 8.28. The highest BCUT2D eigenvalue weighted by molar-refractivity contribution is 8.02. The number of amides is 2. The Hall–Kier alpha value is -2.34. The highest BCUT2D eigenvalue weighted by Gasteiger charge is 2.19. The highest BCUT2D eigenvalue weighted by atomic mass is 32.2. The Morgan fingerprint density at radius 3 is 2.57 bits per heavy atom. The van der Waals surface area contributed by atoms with E-state index in [4.69, 9.17) is 4.74 Å². The zero-order valence-corrected chi connectivity index (χ0v) is 16.7. The van der Waals surface area contributed by atoms with Crippen molar-refractivity contribution < 1.29 is 27.5 Å². The summed E-state index contributed by atoms with van der Waals surface area (Å²) in [4.78, 5) is 23.9. The van der Waals surface area contributed by atoms with Crippen molar-refractivity contribution in [2.45, 2.75) is 36.5 Å². The summed E-state index contributed by atoms with van der Waals surface area (Å²) in [5, 5.41) is 12.0. The number of anilines is 1. The Morgan fingerprint density at radius 2 is 1.89 bits per heavy atom. The van der Waals surface area contributed by atoms with Crippen LogP contribution in [0.15, 0.2) is 16.5 Å². The number of carbonyl (C=O) groups excluding carboxylic acids is 2. The number of nitrogens with one attached hydrogen (secondary N) is 2. The molecule has 1 aromatic heterocycles. The van der Waals surface area contributed by atoms with Crippen LogP contribution in [-0.2, 0) is 9.59 Å². The summed E-state index contributed by atoms with van der Waals surface area (Å²) < 4.78 is 45.5. The average Bonchev–Trinajstić information content (AvgIpc) is 3.06. The Bertz CT molecular complexity index is 864. The molecule has 12 heteroatoms. The van der Waals surface area contributed by atoms with Gasteiger partial charge in [0, 0.05) is 0 Å². The zero-order valence-electron chi connectivity index (χ0n) is 15.1. The lowest BCUT2D eigenvalue weighted by atomic mass is 10.2. The van der Waals surface area contributed by atoms with E-state index in [9.17, 15) is 22.8 Å². The quantitative estimate of drug-likeness (QED) is 0.490. The molecule has 0 aliphatic carbocycles. The van der Waals surface area contributed by atoms with Crippen LogP contribution < -0.4 is 15.4 Å². The first kappa shape index (κ1) is 22.0. The molecule has 7 nitrogen and oxygen atoms in total. The van der Waals surface area contributed by atoms with Crippen molar-refractivity contribution in [1.29, 1.82) is 0 Å². The van der Waals surface area contributed by atoms with E-state index in [1.165, 1.54) is 11.3 Å². The van der Waals surface area contributed by atoms with E-state index in [0.29, 0.717) is 15.6 Å². The van der Waals surface area contributed by atoms with Crippen LogP contribution in [0.4, 0.5) is 18.9 Å². The number of carbonyl (C=O) groups is 2. The Morgan fingerprint density at radius 1 is 1.18 bits per heavy atom. The minimum atomic E-state index is -1.69. The van der Waals surface area contributed by atoms with E-state index in [2.05, 4.69) is 20.8 Å². The van der Waals surface area contributed by atoms with Crippen molar-refractivity contribution >= 4 is 40.6 Å². The molecule has 2 N–H and O–H groups in total. The second-order valence-electron chi connectivity index (χ2n) is 5.75. The first-order valence-corrected chi connectivity index (χ1v) is 9.74. The molecule has 1 atom stereocenters. The fourth-order valence-corrected chi connectivity index (χ4v) is 3.80. The van der Waals surface area contributed by atoms with Gasteiger partial charge in [0.15, 0.2) is 21.8 Å². The lowest BCUT2D eigenvalue weighted by Gasteiger charge is -2.11. The molecular formula is C16H17F3N4O3S2. The topological polar surface area (TPSA) is 93.2 Å². The molecule has 1 heterocycles. The minimum absolute atomic E-state index is 0.0514. The first-order chi connectivity index (χ1) is 13.2. The third-order valence-electron chi connectivity index (χ3n) is 3.10. The van der Waals surface area contributed by atoms with Crippen molar-refractivity contribution in [2.24, 2.45) is 0 Å². The van der Waals surface area contributed by atoms with E-state index in [-0.39, 0.29) is 6.10 Å². The van der Waals surface area contributed by atoms with E-state index in [1.807, 2.05) is 13.8 Å². The van der Waals surface area contributed by atoms with E-state index in [1.54, 1.807) is 6.92 Å². The summed E-state index contributed by atoms with van der Waals surface area (Å²) in [6.07, 6.45) is -0.0514. The molecule has 0 bridgehead atoms. The van der Waals surface area contributed by atoms with Crippen molar-refractivity contribution in [3.63, 3.8) is 0 Å². The Kier molecular flexibility index (Phi) is 7.63. The summed E-state index contributed by atoms with van der Waals surface area (Å²) in [6, 6.07) is 1.57. The number of aromatic nitrogens is 2. The molecule has 2 rings (SSSR count). The largest absolute Gasteiger partial charge is 0.466 e. The van der Waals surface area contributed by atoms with Crippen molar-refractivity contribution in [3.8, 4) is 5.19 Å². The van der Waals surface area contributed by atoms with Gasteiger partial charge in [-0.3, -0.25) is 9.59 Å². The maximum Gasteiger partial charge on any atom is 0.295 e. The van der Waals surface area contributed by atoms with Crippen LogP contribution in [0.2, 0.25) is 0 Å². The molecule has 2 amide bonds. The van der Waals surface area contributed by atoms with Gasteiger partial charge in [0.05, 0.1) is 23.6 Å². The lowest BCUT2D eigenvalue weighted by Crippen LogP contribution is -2.37. The summed E-state index contributed by atoms with van der Waals surface area (Å²) in [7, 11) is 0. The zero-order chi connectivity index (χ0) is 20.8. The predicted octanol–water partition coefficient (Wildman–Crippen LogP) is 2.98. The Labute approximate surface area is 167 Å². The third-order valence-corrected chi connectivity index (χ3v) is 5.10.